The van der Waals surface area contributed by atoms with Crippen molar-refractivity contribution in [1.29, 1.82) is 0 Å². The van der Waals surface area contributed by atoms with Crippen LogP contribution in [0, 0.1) is 6.92 Å². The number of carbonyl (C=O) groups is 1. The van der Waals surface area contributed by atoms with E-state index in [2.05, 4.69) is 20.6 Å². The van der Waals surface area contributed by atoms with Gasteiger partial charge in [0.05, 0.1) is 22.3 Å². The fourth-order valence-corrected chi connectivity index (χ4v) is 2.16. The van der Waals surface area contributed by atoms with Crippen LogP contribution in [-0.4, -0.2) is 36.1 Å². The summed E-state index contributed by atoms with van der Waals surface area (Å²) in [4.78, 5) is 20.8. The van der Waals surface area contributed by atoms with Crippen LogP contribution in [0.25, 0.3) is 0 Å². The number of anilines is 2. The molecular weight excluding hydrogens is 339 g/mol. The molecule has 122 valence electrons. The summed E-state index contributed by atoms with van der Waals surface area (Å²) in [6.45, 7) is 2.84. The van der Waals surface area contributed by atoms with Crippen LogP contribution in [0.15, 0.2) is 24.3 Å². The van der Waals surface area contributed by atoms with Gasteiger partial charge in [-0.25, -0.2) is 9.97 Å². The minimum atomic E-state index is -0.394. The van der Waals surface area contributed by atoms with Gasteiger partial charge in [0.25, 0.3) is 5.91 Å². The molecule has 8 heteroatoms. The molecule has 0 atom stereocenters. The molecule has 0 saturated carbocycles. The van der Waals surface area contributed by atoms with E-state index in [4.69, 9.17) is 27.9 Å². The molecule has 0 radical (unpaired) electrons. The highest BCUT2D eigenvalue weighted by molar-refractivity contribution is 6.44. The molecule has 0 unspecified atom stereocenters. The minimum absolute atomic E-state index is 0.230. The summed E-state index contributed by atoms with van der Waals surface area (Å²) in [6.07, 6.45) is 0. The lowest BCUT2D eigenvalue weighted by molar-refractivity contribution is 0.102. The number of benzene rings is 1. The number of nitrogens with one attached hydrogen (secondary N) is 2. The van der Waals surface area contributed by atoms with Gasteiger partial charge in [-0.15, -0.1) is 0 Å². The normalized spacial score (nSPS) is 10.4. The summed E-state index contributed by atoms with van der Waals surface area (Å²) in [5, 5.41) is 6.33. The summed E-state index contributed by atoms with van der Waals surface area (Å²) in [5.74, 6) is -0.0288. The predicted octanol–water partition coefficient (Wildman–Crippen LogP) is 3.40. The number of hydrogen-bond donors (Lipinski definition) is 2. The SMILES string of the molecule is COCCNc1nc(C)cc(C(=O)Nc2cccc(Cl)c2Cl)n1. The zero-order chi connectivity index (χ0) is 16.8. The van der Waals surface area contributed by atoms with Crippen molar-refractivity contribution in [2.24, 2.45) is 0 Å². The quantitative estimate of drug-likeness (QED) is 0.777. The molecule has 1 amide bonds. The van der Waals surface area contributed by atoms with E-state index in [1.165, 1.54) is 0 Å². The summed E-state index contributed by atoms with van der Waals surface area (Å²) in [5.41, 5.74) is 1.32. The van der Waals surface area contributed by atoms with Crippen LogP contribution in [0.3, 0.4) is 0 Å². The number of aromatic nitrogens is 2. The number of amides is 1. The molecule has 2 N–H and O–H groups in total. The monoisotopic (exact) mass is 354 g/mol. The highest BCUT2D eigenvalue weighted by Crippen LogP contribution is 2.29. The standard InChI is InChI=1S/C15H16Cl2N4O2/c1-9-8-12(21-15(19-9)18-6-7-23-2)14(22)20-11-5-3-4-10(16)13(11)17/h3-5,8H,6-7H2,1-2H3,(H,20,22)(H,18,19,21). The third kappa shape index (κ3) is 4.79. The van der Waals surface area contributed by atoms with Crippen molar-refractivity contribution < 1.29 is 9.53 Å². The summed E-state index contributed by atoms with van der Waals surface area (Å²) < 4.78 is 4.95. The van der Waals surface area contributed by atoms with E-state index in [-0.39, 0.29) is 10.7 Å². The van der Waals surface area contributed by atoms with Gasteiger partial charge < -0.3 is 15.4 Å². The number of hydrogen-bond acceptors (Lipinski definition) is 5. The molecule has 0 saturated heterocycles. The van der Waals surface area contributed by atoms with Crippen molar-refractivity contribution >= 4 is 40.7 Å². The van der Waals surface area contributed by atoms with Gasteiger partial charge >= 0.3 is 0 Å². The van der Waals surface area contributed by atoms with Crippen LogP contribution < -0.4 is 10.6 Å². The number of rotatable bonds is 6. The van der Waals surface area contributed by atoms with Crippen LogP contribution in [0.4, 0.5) is 11.6 Å². The Morgan fingerprint density at radius 2 is 2.09 bits per heavy atom. The second-order valence-electron chi connectivity index (χ2n) is 4.69. The number of nitrogens with zero attached hydrogens (tertiary/aromatic N) is 2. The third-order valence-corrected chi connectivity index (χ3v) is 3.69. The van der Waals surface area contributed by atoms with Crippen molar-refractivity contribution in [1.82, 2.24) is 9.97 Å². The van der Waals surface area contributed by atoms with E-state index >= 15 is 0 Å². The first-order chi connectivity index (χ1) is 11.0. The van der Waals surface area contributed by atoms with Crippen molar-refractivity contribution in [3.05, 3.63) is 45.7 Å². The number of carbonyl (C=O) groups excluding carboxylic acids is 1. The van der Waals surface area contributed by atoms with Gasteiger partial charge in [-0.05, 0) is 25.1 Å². The molecule has 2 aromatic rings. The zero-order valence-electron chi connectivity index (χ0n) is 12.7. The molecule has 0 spiro atoms. The van der Waals surface area contributed by atoms with E-state index in [0.29, 0.717) is 35.5 Å². The van der Waals surface area contributed by atoms with Crippen LogP contribution in [0.1, 0.15) is 16.2 Å². The van der Waals surface area contributed by atoms with E-state index in [9.17, 15) is 4.79 Å². The summed E-state index contributed by atoms with van der Waals surface area (Å²) >= 11 is 12.0. The first kappa shape index (κ1) is 17.5. The minimum Gasteiger partial charge on any atom is -0.383 e. The third-order valence-electron chi connectivity index (χ3n) is 2.88. The van der Waals surface area contributed by atoms with E-state index < -0.39 is 5.91 Å². The van der Waals surface area contributed by atoms with Crippen molar-refractivity contribution in [2.75, 3.05) is 30.9 Å². The van der Waals surface area contributed by atoms with Gasteiger partial charge in [0, 0.05) is 19.3 Å². The Bertz CT molecular complexity index is 710. The van der Waals surface area contributed by atoms with Crippen LogP contribution >= 0.6 is 23.2 Å². The molecule has 23 heavy (non-hydrogen) atoms. The molecule has 0 aliphatic rings. The topological polar surface area (TPSA) is 76.1 Å². The van der Waals surface area contributed by atoms with Crippen LogP contribution in [0.5, 0.6) is 0 Å². The molecular formula is C15H16Cl2N4O2. The fraction of sp³-hybridized carbons (Fsp3) is 0.267. The van der Waals surface area contributed by atoms with Crippen LogP contribution in [-0.2, 0) is 4.74 Å². The smallest absolute Gasteiger partial charge is 0.274 e. The van der Waals surface area contributed by atoms with E-state index in [1.54, 1.807) is 38.3 Å². The van der Waals surface area contributed by atoms with Crippen molar-refractivity contribution in [2.45, 2.75) is 6.92 Å². The highest BCUT2D eigenvalue weighted by Gasteiger charge is 2.13. The summed E-state index contributed by atoms with van der Waals surface area (Å²) in [6, 6.07) is 6.60. The van der Waals surface area contributed by atoms with Gasteiger partial charge in [-0.3, -0.25) is 4.79 Å². The Morgan fingerprint density at radius 1 is 1.30 bits per heavy atom. The lowest BCUT2D eigenvalue weighted by Gasteiger charge is -2.10. The average Bonchev–Trinajstić information content (AvgIpc) is 2.51. The maximum absolute atomic E-state index is 12.4. The number of aryl methyl sites for hydroxylation is 1. The molecule has 0 aliphatic carbocycles. The second kappa shape index (κ2) is 8.10. The lowest BCUT2D eigenvalue weighted by atomic mass is 10.3. The Kier molecular flexibility index (Phi) is 6.15. The summed E-state index contributed by atoms with van der Waals surface area (Å²) in [7, 11) is 1.60. The van der Waals surface area contributed by atoms with Gasteiger partial charge in [-0.1, -0.05) is 29.3 Å². The zero-order valence-corrected chi connectivity index (χ0v) is 14.2. The molecule has 1 aromatic carbocycles. The molecule has 0 aliphatic heterocycles. The Labute approximate surface area is 144 Å². The first-order valence-corrected chi connectivity index (χ1v) is 7.60. The second-order valence-corrected chi connectivity index (χ2v) is 5.48. The number of halogens is 2. The van der Waals surface area contributed by atoms with Gasteiger partial charge in [-0.2, -0.15) is 0 Å². The molecule has 0 fully saturated rings. The van der Waals surface area contributed by atoms with Crippen molar-refractivity contribution in [3.63, 3.8) is 0 Å². The van der Waals surface area contributed by atoms with E-state index in [0.717, 1.165) is 0 Å². The molecule has 2 rings (SSSR count). The molecule has 1 aromatic heterocycles. The van der Waals surface area contributed by atoms with E-state index in [1.807, 2.05) is 0 Å². The largest absolute Gasteiger partial charge is 0.383 e. The van der Waals surface area contributed by atoms with Crippen molar-refractivity contribution in [3.8, 4) is 0 Å². The molecule has 0 bridgehead atoms. The number of methoxy groups -OCH3 is 1. The molecule has 1 heterocycles. The highest BCUT2D eigenvalue weighted by atomic mass is 35.5. The van der Waals surface area contributed by atoms with Gasteiger partial charge in [0.1, 0.15) is 5.69 Å². The fourth-order valence-electron chi connectivity index (χ4n) is 1.82. The Morgan fingerprint density at radius 3 is 2.83 bits per heavy atom. The first-order valence-electron chi connectivity index (χ1n) is 6.85. The van der Waals surface area contributed by atoms with Gasteiger partial charge in [0.2, 0.25) is 5.95 Å². The maximum atomic E-state index is 12.4. The molecule has 6 nitrogen and oxygen atoms in total. The number of ether oxygens (including phenoxy) is 1. The average molecular weight is 355 g/mol. The van der Waals surface area contributed by atoms with Crippen LogP contribution in [0.2, 0.25) is 10.0 Å². The predicted molar refractivity (Wildman–Crippen MR) is 91.5 cm³/mol. The van der Waals surface area contributed by atoms with Gasteiger partial charge in [0.15, 0.2) is 0 Å². The lowest BCUT2D eigenvalue weighted by Crippen LogP contribution is -2.17. The Hall–Kier alpha value is -1.89. The maximum Gasteiger partial charge on any atom is 0.274 e. The Balaban J connectivity index is 2.17.